The SMILES string of the molecule is O=C(O)C(O)C(O)C(O)C(O)CO.O=C(O)[CH2][Na]. The molecule has 0 heterocycles. The summed E-state index contributed by atoms with van der Waals surface area (Å²) in [4.78, 5) is 19.5. The maximum absolute atomic E-state index is 10.1. The molecule has 18 heavy (non-hydrogen) atoms. The summed E-state index contributed by atoms with van der Waals surface area (Å²) in [5, 5.41) is 59.6. The van der Waals surface area contributed by atoms with E-state index in [1.54, 1.807) is 0 Å². The number of carboxylic acid groups (broad SMARTS) is 2. The molecule has 4 unspecified atom stereocenters. The van der Waals surface area contributed by atoms with Crippen molar-refractivity contribution in [1.29, 1.82) is 0 Å². The van der Waals surface area contributed by atoms with Gasteiger partial charge in [-0.1, -0.05) is 0 Å². The molecule has 0 fully saturated rings. The zero-order valence-corrected chi connectivity index (χ0v) is 11.7. The van der Waals surface area contributed by atoms with Gasteiger partial charge in [-0.25, -0.2) is 4.79 Å². The standard InChI is InChI=1S/C6H12O7.C2H3O2.Na/c7-1-2(8)3(9)4(10)5(11)6(12)13;1-2(3)4;/h2-5,7-11H,1H2,(H,12,13);1H2,(H,3,4);. The van der Waals surface area contributed by atoms with Crippen LogP contribution in [0.3, 0.4) is 0 Å². The summed E-state index contributed by atoms with van der Waals surface area (Å²) in [6, 6.07) is 0. The van der Waals surface area contributed by atoms with Crippen molar-refractivity contribution in [2.45, 2.75) is 28.1 Å². The molecule has 0 saturated heterocycles. The van der Waals surface area contributed by atoms with Crippen LogP contribution in [0.5, 0.6) is 0 Å². The van der Waals surface area contributed by atoms with E-state index >= 15 is 0 Å². The van der Waals surface area contributed by atoms with Crippen LogP contribution in [0.4, 0.5) is 0 Å². The van der Waals surface area contributed by atoms with Gasteiger partial charge in [0.05, 0.1) is 6.61 Å². The van der Waals surface area contributed by atoms with Gasteiger partial charge in [-0.2, -0.15) is 0 Å². The molecule has 0 aromatic heterocycles. The molecular formula is C8H15NaO9. The first kappa shape index (κ1) is 20.1. The van der Waals surface area contributed by atoms with Crippen LogP contribution < -0.4 is 0 Å². The van der Waals surface area contributed by atoms with Crippen LogP contribution in [-0.4, -0.2) is 107 Å². The molecule has 0 aliphatic carbocycles. The summed E-state index contributed by atoms with van der Waals surface area (Å²) in [5.41, 5.74) is 0. The average molecular weight is 278 g/mol. The molecule has 0 aromatic carbocycles. The zero-order chi connectivity index (χ0) is 14.9. The van der Waals surface area contributed by atoms with Gasteiger partial charge in [0.2, 0.25) is 0 Å². The fraction of sp³-hybridized carbons (Fsp3) is 0.750. The number of carbonyl (C=O) groups is 2. The van der Waals surface area contributed by atoms with E-state index in [1.807, 2.05) is 0 Å². The van der Waals surface area contributed by atoms with Crippen LogP contribution in [0.2, 0.25) is 3.67 Å². The molecule has 0 aromatic rings. The third-order valence-corrected chi connectivity index (χ3v) is 2.42. The first-order valence-corrected chi connectivity index (χ1v) is 6.38. The average Bonchev–Trinajstić information content (AvgIpc) is 2.35. The van der Waals surface area contributed by atoms with Gasteiger partial charge in [-0.15, -0.1) is 0 Å². The minimum atomic E-state index is -2.20. The van der Waals surface area contributed by atoms with Crippen LogP contribution >= 0.6 is 0 Å². The molecule has 0 radical (unpaired) electrons. The molecule has 4 atom stereocenters. The fourth-order valence-electron chi connectivity index (χ4n) is 0.668. The van der Waals surface area contributed by atoms with Gasteiger partial charge in [0.25, 0.3) is 0 Å². The molecular weight excluding hydrogens is 263 g/mol. The van der Waals surface area contributed by atoms with Gasteiger partial charge in [0.15, 0.2) is 6.10 Å². The van der Waals surface area contributed by atoms with Crippen LogP contribution in [0.15, 0.2) is 0 Å². The summed E-state index contributed by atoms with van der Waals surface area (Å²) in [7, 11) is 0. The molecule has 0 aliphatic heterocycles. The van der Waals surface area contributed by atoms with Crippen LogP contribution in [0.25, 0.3) is 0 Å². The Balaban J connectivity index is 0. The van der Waals surface area contributed by atoms with E-state index in [9.17, 15) is 9.59 Å². The Bertz CT molecular complexity index is 259. The quantitative estimate of drug-likeness (QED) is 0.240. The van der Waals surface area contributed by atoms with Crippen molar-refractivity contribution in [3.63, 3.8) is 0 Å². The van der Waals surface area contributed by atoms with Gasteiger partial charge in [-0.05, 0) is 0 Å². The predicted octanol–water partition coefficient (Wildman–Crippen LogP) is -3.84. The minimum absolute atomic E-state index is 0.361. The van der Waals surface area contributed by atoms with E-state index in [-0.39, 0.29) is 0 Å². The molecule has 0 amide bonds. The number of hydrogen-bond donors (Lipinski definition) is 7. The van der Waals surface area contributed by atoms with Crippen molar-refractivity contribution in [2.24, 2.45) is 0 Å². The van der Waals surface area contributed by atoms with Gasteiger partial charge in [0, 0.05) is 0 Å². The zero-order valence-electron chi connectivity index (χ0n) is 9.67. The Morgan fingerprint density at radius 2 is 1.39 bits per heavy atom. The van der Waals surface area contributed by atoms with Gasteiger partial charge in [0.1, 0.15) is 18.3 Å². The van der Waals surface area contributed by atoms with E-state index in [2.05, 4.69) is 0 Å². The van der Waals surface area contributed by atoms with Crippen LogP contribution in [-0.2, 0) is 9.59 Å². The van der Waals surface area contributed by atoms with Crippen molar-refractivity contribution >= 4 is 39.9 Å². The second-order valence-corrected chi connectivity index (χ2v) is 3.97. The van der Waals surface area contributed by atoms with Crippen LogP contribution in [0.1, 0.15) is 0 Å². The van der Waals surface area contributed by atoms with E-state index in [1.165, 1.54) is 0 Å². The van der Waals surface area contributed by atoms with Crippen molar-refractivity contribution in [3.05, 3.63) is 0 Å². The van der Waals surface area contributed by atoms with Crippen molar-refractivity contribution in [1.82, 2.24) is 0 Å². The maximum atomic E-state index is 10.1. The monoisotopic (exact) mass is 278 g/mol. The Morgan fingerprint density at radius 3 is 1.61 bits per heavy atom. The number of aliphatic carboxylic acids is 2. The topological polar surface area (TPSA) is 176 Å². The van der Waals surface area contributed by atoms with E-state index < -0.39 is 43.0 Å². The van der Waals surface area contributed by atoms with Crippen LogP contribution in [0, 0.1) is 0 Å². The van der Waals surface area contributed by atoms with Gasteiger partial charge in [-0.3, -0.25) is 0 Å². The number of carboxylic acids is 2. The van der Waals surface area contributed by atoms with E-state index in [0.29, 0.717) is 3.67 Å². The number of rotatable bonds is 6. The second kappa shape index (κ2) is 10.6. The molecule has 7 N–H and O–H groups in total. The fourth-order valence-corrected chi connectivity index (χ4v) is 0.668. The summed E-state index contributed by atoms with van der Waals surface area (Å²) in [6.07, 6.45) is -7.84. The van der Waals surface area contributed by atoms with E-state index in [4.69, 9.17) is 35.7 Å². The Labute approximate surface area is 120 Å². The van der Waals surface area contributed by atoms with Crippen molar-refractivity contribution in [3.8, 4) is 0 Å². The summed E-state index contributed by atoms with van der Waals surface area (Å²) < 4.78 is 0.361. The molecule has 102 valence electrons. The predicted molar refractivity (Wildman–Crippen MR) is 56.9 cm³/mol. The van der Waals surface area contributed by atoms with Crippen molar-refractivity contribution < 1.29 is 45.3 Å². The van der Waals surface area contributed by atoms with E-state index in [0.717, 1.165) is 27.9 Å². The van der Waals surface area contributed by atoms with Gasteiger partial charge >= 0.3 is 53.4 Å². The normalized spacial score (nSPS) is 16.8. The molecule has 0 rings (SSSR count). The summed E-state index contributed by atoms with van der Waals surface area (Å²) in [6.45, 7) is -0.843. The molecule has 0 bridgehead atoms. The molecule has 0 saturated carbocycles. The summed E-state index contributed by atoms with van der Waals surface area (Å²) in [5.74, 6) is -2.41. The first-order chi connectivity index (χ1) is 8.18. The third kappa shape index (κ3) is 8.78. The molecule has 0 spiro atoms. The summed E-state index contributed by atoms with van der Waals surface area (Å²) >= 11 is 0.774. The Kier molecular flexibility index (Phi) is 11.9. The van der Waals surface area contributed by atoms with Gasteiger partial charge < -0.3 is 30.6 Å². The number of aliphatic hydroxyl groups excluding tert-OH is 5. The molecule has 10 heteroatoms. The number of aliphatic hydroxyl groups is 5. The molecule has 0 aliphatic rings. The number of hydrogen-bond acceptors (Lipinski definition) is 7. The third-order valence-electron chi connectivity index (χ3n) is 1.81. The Hall–Kier alpha value is -0.260. The van der Waals surface area contributed by atoms with Crippen molar-refractivity contribution in [2.75, 3.05) is 6.61 Å². The first-order valence-electron chi connectivity index (χ1n) is 4.96. The second-order valence-electron chi connectivity index (χ2n) is 3.26. The molecule has 9 nitrogen and oxygen atoms in total. The Morgan fingerprint density at radius 1 is 1.00 bits per heavy atom.